The van der Waals surface area contributed by atoms with Crippen LogP contribution < -0.4 is 10.6 Å². The predicted octanol–water partition coefficient (Wildman–Crippen LogP) is 5.45. The first-order valence-electron chi connectivity index (χ1n) is 12.8. The average molecular weight is 481 g/mol. The minimum Gasteiger partial charge on any atom is -0.484 e. The Morgan fingerprint density at radius 2 is 1.89 bits per heavy atom. The van der Waals surface area contributed by atoms with E-state index in [2.05, 4.69) is 76.6 Å². The lowest BCUT2D eigenvalue weighted by Crippen LogP contribution is -2.37. The highest BCUT2D eigenvalue weighted by Crippen LogP contribution is 2.39. The summed E-state index contributed by atoms with van der Waals surface area (Å²) in [5.74, 6) is 2.37. The van der Waals surface area contributed by atoms with Crippen molar-refractivity contribution in [3.8, 4) is 11.3 Å². The number of epoxide rings is 1. The van der Waals surface area contributed by atoms with Gasteiger partial charge < -0.3 is 20.3 Å². The molecule has 36 heavy (non-hydrogen) atoms. The minimum atomic E-state index is 0.624. The Morgan fingerprint density at radius 3 is 2.58 bits per heavy atom. The molecule has 7 nitrogen and oxygen atoms in total. The van der Waals surface area contributed by atoms with Crippen LogP contribution in [-0.2, 0) is 4.74 Å². The van der Waals surface area contributed by atoms with Crippen LogP contribution in [0.3, 0.4) is 0 Å². The Bertz CT molecular complexity index is 1330. The Balaban J connectivity index is 1.33. The fraction of sp³-hybridized carbons (Fsp3) is 0.345. The number of ether oxygens (including phenoxy) is 1. The van der Waals surface area contributed by atoms with Crippen molar-refractivity contribution in [2.24, 2.45) is 0 Å². The summed E-state index contributed by atoms with van der Waals surface area (Å²) in [6.45, 7) is 9.81. The molecule has 0 unspecified atom stereocenters. The summed E-state index contributed by atoms with van der Waals surface area (Å²) in [6.07, 6.45) is 11.6. The number of hydrogen-bond acceptors (Lipinski definition) is 7. The third-order valence-electron chi connectivity index (χ3n) is 7.45. The molecule has 7 heteroatoms. The number of nitrogens with zero attached hydrogens (tertiary/aromatic N) is 4. The molecular weight excluding hydrogens is 448 g/mol. The summed E-state index contributed by atoms with van der Waals surface area (Å²) in [6, 6.07) is 9.45. The van der Waals surface area contributed by atoms with Gasteiger partial charge in [-0.2, -0.15) is 0 Å². The van der Waals surface area contributed by atoms with Gasteiger partial charge in [-0.05, 0) is 93.6 Å². The molecule has 0 atom stereocenters. The van der Waals surface area contributed by atoms with Gasteiger partial charge in [-0.25, -0.2) is 15.0 Å². The lowest BCUT2D eigenvalue weighted by molar-refractivity contribution is 0.171. The summed E-state index contributed by atoms with van der Waals surface area (Å²) < 4.78 is 5.55. The molecule has 3 aliphatic rings. The van der Waals surface area contributed by atoms with E-state index in [0.29, 0.717) is 18.6 Å². The Kier molecular flexibility index (Phi) is 5.93. The van der Waals surface area contributed by atoms with E-state index in [-0.39, 0.29) is 0 Å². The molecule has 3 aliphatic heterocycles. The number of piperidine rings is 1. The van der Waals surface area contributed by atoms with Gasteiger partial charge in [-0.3, -0.25) is 0 Å². The molecule has 2 fully saturated rings. The molecule has 2 N–H and O–H groups in total. The number of fused-ring (bicyclic) bond motifs is 1. The van der Waals surface area contributed by atoms with E-state index < -0.39 is 0 Å². The lowest BCUT2D eigenvalue weighted by atomic mass is 9.86. The maximum Gasteiger partial charge on any atom is 0.158 e. The summed E-state index contributed by atoms with van der Waals surface area (Å²) in [5.41, 5.74) is 8.61. The van der Waals surface area contributed by atoms with Gasteiger partial charge in [0.15, 0.2) is 5.76 Å². The van der Waals surface area contributed by atoms with Crippen LogP contribution in [0.5, 0.6) is 0 Å². The molecule has 184 valence electrons. The number of hydrogen-bond donors (Lipinski definition) is 2. The topological polar surface area (TPSA) is 78.5 Å². The number of anilines is 2. The first kappa shape index (κ1) is 22.7. The molecule has 0 radical (unpaired) electrons. The van der Waals surface area contributed by atoms with E-state index in [1.165, 1.54) is 43.4 Å². The van der Waals surface area contributed by atoms with Crippen LogP contribution in [-0.4, -0.2) is 45.6 Å². The lowest BCUT2D eigenvalue weighted by Gasteiger charge is -2.35. The molecule has 5 heterocycles. The molecule has 2 aromatic heterocycles. The fourth-order valence-electron chi connectivity index (χ4n) is 5.39. The maximum absolute atomic E-state index is 5.55. The summed E-state index contributed by atoms with van der Waals surface area (Å²) in [4.78, 5) is 16.0. The van der Waals surface area contributed by atoms with E-state index in [0.717, 1.165) is 45.3 Å². The van der Waals surface area contributed by atoms with Gasteiger partial charge in [-0.1, -0.05) is 6.07 Å². The van der Waals surface area contributed by atoms with Crippen LogP contribution in [0.25, 0.3) is 23.0 Å². The summed E-state index contributed by atoms with van der Waals surface area (Å²) >= 11 is 0. The normalized spacial score (nSPS) is 19.6. The second-order valence-corrected chi connectivity index (χ2v) is 10.1. The van der Waals surface area contributed by atoms with E-state index >= 15 is 0 Å². The largest absolute Gasteiger partial charge is 0.484 e. The molecule has 0 saturated carbocycles. The van der Waals surface area contributed by atoms with E-state index in [1.54, 1.807) is 12.4 Å². The van der Waals surface area contributed by atoms with Crippen molar-refractivity contribution in [3.05, 3.63) is 77.2 Å². The van der Waals surface area contributed by atoms with Gasteiger partial charge >= 0.3 is 0 Å². The zero-order chi connectivity index (χ0) is 24.6. The molecule has 3 aromatic rings. The number of likely N-dealkylation sites (tertiary alicyclic amines) is 1. The molecular formula is C29H32N6O. The van der Waals surface area contributed by atoms with Crippen molar-refractivity contribution in [1.82, 2.24) is 25.2 Å². The Hall–Kier alpha value is -3.71. The van der Waals surface area contributed by atoms with Crippen molar-refractivity contribution < 1.29 is 4.74 Å². The summed E-state index contributed by atoms with van der Waals surface area (Å²) in [5, 5.41) is 6.99. The number of benzene rings is 1. The molecule has 0 bridgehead atoms. The van der Waals surface area contributed by atoms with Gasteiger partial charge in [-0.15, -0.1) is 0 Å². The second-order valence-electron chi connectivity index (χ2n) is 10.1. The van der Waals surface area contributed by atoms with Crippen LogP contribution >= 0.6 is 0 Å². The van der Waals surface area contributed by atoms with Crippen molar-refractivity contribution >= 4 is 23.3 Å². The zero-order valence-electron chi connectivity index (χ0n) is 21.1. The third kappa shape index (κ3) is 4.46. The third-order valence-corrected chi connectivity index (χ3v) is 7.45. The number of nitrogens with one attached hydrogen (secondary N) is 2. The molecule has 0 amide bonds. The van der Waals surface area contributed by atoms with E-state index in [1.807, 2.05) is 6.20 Å². The van der Waals surface area contributed by atoms with Crippen molar-refractivity contribution in [1.29, 1.82) is 0 Å². The number of pyridine rings is 1. The average Bonchev–Trinajstić information content (AvgIpc) is 3.74. The van der Waals surface area contributed by atoms with Gasteiger partial charge in [0.05, 0.1) is 17.0 Å². The van der Waals surface area contributed by atoms with Crippen LogP contribution in [0.2, 0.25) is 0 Å². The van der Waals surface area contributed by atoms with E-state index in [4.69, 9.17) is 9.72 Å². The molecule has 0 aliphatic carbocycles. The standard InChI is InChI=1S/C29H32N6O/c1-18(2)35-10-7-20(8-11-35)24-5-4-23(12-19(24)3)33-29-27-21(6-9-32-28(27)26-16-36-26)13-25(34-29)22-14-30-17-31-15-22/h4-6,9,12-15,17-18,20,32H,7-8,10-11,16H2,1-3H3,(H,33,34)/b28-26-. The first-order chi connectivity index (χ1) is 17.6. The first-order valence-corrected chi connectivity index (χ1v) is 12.8. The zero-order valence-corrected chi connectivity index (χ0v) is 21.1. The minimum absolute atomic E-state index is 0.624. The van der Waals surface area contributed by atoms with Crippen molar-refractivity contribution in [3.63, 3.8) is 0 Å². The van der Waals surface area contributed by atoms with Gasteiger partial charge in [0.25, 0.3) is 0 Å². The van der Waals surface area contributed by atoms with Crippen LogP contribution in [0.1, 0.15) is 54.9 Å². The molecule has 0 spiro atoms. The van der Waals surface area contributed by atoms with Crippen LogP contribution in [0.4, 0.5) is 11.5 Å². The van der Waals surface area contributed by atoms with Gasteiger partial charge in [0, 0.05) is 35.9 Å². The monoisotopic (exact) mass is 480 g/mol. The van der Waals surface area contributed by atoms with Crippen molar-refractivity contribution in [2.45, 2.75) is 45.6 Å². The quantitative estimate of drug-likeness (QED) is 0.470. The molecule has 2 saturated heterocycles. The van der Waals surface area contributed by atoms with Crippen LogP contribution in [0.15, 0.2) is 54.9 Å². The Morgan fingerprint density at radius 1 is 1.11 bits per heavy atom. The maximum atomic E-state index is 5.55. The summed E-state index contributed by atoms with van der Waals surface area (Å²) in [7, 11) is 0. The highest BCUT2D eigenvalue weighted by Gasteiger charge is 2.28. The smallest absolute Gasteiger partial charge is 0.158 e. The predicted molar refractivity (Wildman–Crippen MR) is 143 cm³/mol. The second kappa shape index (κ2) is 9.39. The van der Waals surface area contributed by atoms with Crippen LogP contribution in [0, 0.1) is 6.92 Å². The number of rotatable bonds is 5. The number of aromatic nitrogens is 3. The fourth-order valence-corrected chi connectivity index (χ4v) is 5.39. The highest BCUT2D eigenvalue weighted by molar-refractivity contribution is 5.88. The SMILES string of the molecule is Cc1cc(Nc2nc(-c3cncnc3)cc3c2/C(=C2\CO2)NC=C3)ccc1C1CCN(C(C)C)CC1. The molecule has 6 rings (SSSR count). The van der Waals surface area contributed by atoms with Crippen molar-refractivity contribution in [2.75, 3.05) is 25.0 Å². The Labute approximate surface area is 212 Å². The van der Waals surface area contributed by atoms with Gasteiger partial charge in [0.1, 0.15) is 18.8 Å². The van der Waals surface area contributed by atoms with E-state index in [9.17, 15) is 0 Å². The van der Waals surface area contributed by atoms with Gasteiger partial charge in [0.2, 0.25) is 0 Å². The number of aryl methyl sites for hydroxylation is 1. The highest BCUT2D eigenvalue weighted by atomic mass is 16.6. The molecule has 1 aromatic carbocycles.